The van der Waals surface area contributed by atoms with Gasteiger partial charge in [-0.15, -0.1) is 0 Å². The summed E-state index contributed by atoms with van der Waals surface area (Å²) < 4.78 is 0. The Hall–Kier alpha value is -3.61. The van der Waals surface area contributed by atoms with E-state index in [2.05, 4.69) is 10.3 Å². The second-order valence-electron chi connectivity index (χ2n) is 7.27. The number of carbonyl (C=O) groups is 3. The van der Waals surface area contributed by atoms with Gasteiger partial charge in [0.2, 0.25) is 11.8 Å². The number of aromatic amines is 1. The van der Waals surface area contributed by atoms with E-state index in [1.807, 2.05) is 49.4 Å². The molecule has 1 aromatic heterocycles. The predicted molar refractivity (Wildman–Crippen MR) is 109 cm³/mol. The number of nitrogens with two attached hydrogens (primary N) is 1. The Morgan fingerprint density at radius 1 is 1.17 bits per heavy atom. The molecule has 2 aromatic carbocycles. The van der Waals surface area contributed by atoms with Gasteiger partial charge in [0.15, 0.2) is 0 Å². The van der Waals surface area contributed by atoms with Crippen LogP contribution in [0.5, 0.6) is 0 Å². The predicted octanol–water partition coefficient (Wildman–Crippen LogP) is 2.01. The van der Waals surface area contributed by atoms with Crippen molar-refractivity contribution in [1.29, 1.82) is 0 Å². The number of fused-ring (bicyclic) bond motifs is 2. The molecule has 0 fully saturated rings. The number of amides is 3. The molecule has 3 amide bonds. The first-order valence-electron chi connectivity index (χ1n) is 9.45. The Morgan fingerprint density at radius 2 is 1.86 bits per heavy atom. The normalized spacial score (nSPS) is 16.7. The maximum atomic E-state index is 13.3. The van der Waals surface area contributed by atoms with Crippen LogP contribution in [0.1, 0.15) is 40.1 Å². The molecular formula is C22H22N4O3. The van der Waals surface area contributed by atoms with Gasteiger partial charge >= 0.3 is 0 Å². The maximum Gasteiger partial charge on any atom is 0.255 e. The van der Waals surface area contributed by atoms with E-state index in [-0.39, 0.29) is 12.5 Å². The molecule has 2 atom stereocenters. The summed E-state index contributed by atoms with van der Waals surface area (Å²) in [6.07, 6.45) is 0. The van der Waals surface area contributed by atoms with E-state index in [1.54, 1.807) is 17.9 Å². The fourth-order valence-electron chi connectivity index (χ4n) is 4.13. The van der Waals surface area contributed by atoms with Gasteiger partial charge in [0.05, 0.1) is 12.6 Å². The number of primary amides is 1. The summed E-state index contributed by atoms with van der Waals surface area (Å²) in [6, 6.07) is 14.1. The number of aryl methyl sites for hydroxylation is 1. The lowest BCUT2D eigenvalue weighted by atomic mass is 9.95. The van der Waals surface area contributed by atoms with Crippen LogP contribution in [0.3, 0.4) is 0 Å². The van der Waals surface area contributed by atoms with Gasteiger partial charge in [-0.3, -0.25) is 14.4 Å². The summed E-state index contributed by atoms with van der Waals surface area (Å²) in [4.78, 5) is 42.0. The maximum absolute atomic E-state index is 13.3. The Balaban J connectivity index is 1.84. The first-order valence-corrected chi connectivity index (χ1v) is 9.45. The van der Waals surface area contributed by atoms with Gasteiger partial charge in [0.1, 0.15) is 6.04 Å². The fourth-order valence-corrected chi connectivity index (χ4v) is 4.13. The van der Waals surface area contributed by atoms with E-state index in [0.29, 0.717) is 5.56 Å². The van der Waals surface area contributed by atoms with Gasteiger partial charge < -0.3 is 20.9 Å². The van der Waals surface area contributed by atoms with Crippen molar-refractivity contribution in [1.82, 2.24) is 15.2 Å². The largest absolute Gasteiger partial charge is 0.368 e. The molecule has 0 saturated carbocycles. The van der Waals surface area contributed by atoms with Crippen LogP contribution < -0.4 is 11.1 Å². The highest BCUT2D eigenvalue weighted by Gasteiger charge is 2.43. The topological polar surface area (TPSA) is 108 Å². The van der Waals surface area contributed by atoms with Crippen LogP contribution in [-0.4, -0.2) is 40.2 Å². The third kappa shape index (κ3) is 3.04. The number of hydrogen-bond donors (Lipinski definition) is 3. The number of rotatable bonds is 5. The number of H-pyrrole nitrogens is 1. The van der Waals surface area contributed by atoms with Crippen molar-refractivity contribution in [2.45, 2.75) is 25.9 Å². The number of para-hydroxylation sites is 1. The van der Waals surface area contributed by atoms with E-state index in [1.165, 1.54) is 0 Å². The molecule has 0 saturated heterocycles. The van der Waals surface area contributed by atoms with Crippen LogP contribution in [0.4, 0.5) is 0 Å². The lowest BCUT2D eigenvalue weighted by molar-refractivity contribution is -0.128. The van der Waals surface area contributed by atoms with Crippen molar-refractivity contribution in [3.8, 4) is 0 Å². The zero-order valence-corrected chi connectivity index (χ0v) is 16.2. The first-order chi connectivity index (χ1) is 13.9. The Kier molecular flexibility index (Phi) is 4.58. The Morgan fingerprint density at radius 3 is 2.62 bits per heavy atom. The lowest BCUT2D eigenvalue weighted by Gasteiger charge is -2.31. The molecule has 29 heavy (non-hydrogen) atoms. The van der Waals surface area contributed by atoms with Crippen LogP contribution in [-0.2, 0) is 9.59 Å². The van der Waals surface area contributed by atoms with Crippen LogP contribution in [0, 0.1) is 6.92 Å². The number of nitrogens with zero attached hydrogens (tertiary/aromatic N) is 1. The van der Waals surface area contributed by atoms with Crippen molar-refractivity contribution in [3.05, 3.63) is 70.9 Å². The van der Waals surface area contributed by atoms with E-state index in [4.69, 9.17) is 5.73 Å². The molecule has 0 bridgehead atoms. The summed E-state index contributed by atoms with van der Waals surface area (Å²) in [5.41, 5.74) is 9.46. The van der Waals surface area contributed by atoms with Crippen molar-refractivity contribution in [3.63, 3.8) is 0 Å². The number of aromatic nitrogens is 1. The first kappa shape index (κ1) is 18.7. The lowest BCUT2D eigenvalue weighted by Crippen LogP contribution is -2.48. The zero-order chi connectivity index (χ0) is 20.7. The molecule has 0 radical (unpaired) electrons. The minimum Gasteiger partial charge on any atom is -0.368 e. The molecular weight excluding hydrogens is 368 g/mol. The standard InChI is InChI=1S/C22H22N4O3/c1-12-19(16-9-5-6-10-17(16)25-12)20-14-7-3-4-8-15(14)22(29)26(20)13(2)21(28)24-11-18(23)27/h3-10,13,20,25H,11H2,1-2H3,(H2,23,27)(H,24,28)/t13-,20-/m0/s1. The monoisotopic (exact) mass is 390 g/mol. The molecule has 1 aliphatic rings. The van der Waals surface area contributed by atoms with E-state index in [9.17, 15) is 14.4 Å². The second-order valence-corrected chi connectivity index (χ2v) is 7.27. The average Bonchev–Trinajstić information content (AvgIpc) is 3.18. The second kappa shape index (κ2) is 7.09. The highest BCUT2D eigenvalue weighted by Crippen LogP contribution is 2.43. The molecule has 1 aliphatic heterocycles. The molecule has 7 heteroatoms. The highest BCUT2D eigenvalue weighted by atomic mass is 16.2. The zero-order valence-electron chi connectivity index (χ0n) is 16.2. The van der Waals surface area contributed by atoms with E-state index in [0.717, 1.165) is 27.7 Å². The van der Waals surface area contributed by atoms with Crippen molar-refractivity contribution >= 4 is 28.6 Å². The SMILES string of the molecule is Cc1[nH]c2ccccc2c1[C@@H]1c2ccccc2C(=O)N1[C@@H](C)C(=O)NCC(N)=O. The van der Waals surface area contributed by atoms with Crippen molar-refractivity contribution in [2.24, 2.45) is 5.73 Å². The quantitative estimate of drug-likeness (QED) is 0.620. The van der Waals surface area contributed by atoms with Crippen LogP contribution in [0.15, 0.2) is 48.5 Å². The fraction of sp³-hybridized carbons (Fsp3) is 0.227. The Bertz CT molecular complexity index is 1130. The third-order valence-electron chi connectivity index (χ3n) is 5.45. The molecule has 0 unspecified atom stereocenters. The van der Waals surface area contributed by atoms with Crippen molar-refractivity contribution in [2.75, 3.05) is 6.54 Å². The number of carbonyl (C=O) groups excluding carboxylic acids is 3. The number of nitrogens with one attached hydrogen (secondary N) is 2. The number of benzene rings is 2. The smallest absolute Gasteiger partial charge is 0.255 e. The summed E-state index contributed by atoms with van der Waals surface area (Å²) in [5.74, 6) is -1.27. The summed E-state index contributed by atoms with van der Waals surface area (Å²) in [7, 11) is 0. The average molecular weight is 390 g/mol. The molecule has 4 N–H and O–H groups in total. The van der Waals surface area contributed by atoms with Gasteiger partial charge in [0.25, 0.3) is 5.91 Å². The van der Waals surface area contributed by atoms with Gasteiger partial charge in [-0.25, -0.2) is 0 Å². The minimum absolute atomic E-state index is 0.211. The molecule has 3 aromatic rings. The summed E-state index contributed by atoms with van der Waals surface area (Å²) >= 11 is 0. The van der Waals surface area contributed by atoms with Gasteiger partial charge in [-0.1, -0.05) is 36.4 Å². The molecule has 7 nitrogen and oxygen atoms in total. The van der Waals surface area contributed by atoms with Gasteiger partial charge in [0, 0.05) is 27.7 Å². The minimum atomic E-state index is -0.785. The summed E-state index contributed by atoms with van der Waals surface area (Å²) in [6.45, 7) is 3.36. The van der Waals surface area contributed by atoms with Crippen LogP contribution in [0.25, 0.3) is 10.9 Å². The summed E-state index contributed by atoms with van der Waals surface area (Å²) in [5, 5.41) is 3.52. The Labute approximate surface area is 167 Å². The molecule has 148 valence electrons. The van der Waals surface area contributed by atoms with Gasteiger partial charge in [-0.05, 0) is 31.5 Å². The van der Waals surface area contributed by atoms with Crippen LogP contribution >= 0.6 is 0 Å². The molecule has 0 aliphatic carbocycles. The van der Waals surface area contributed by atoms with Crippen molar-refractivity contribution < 1.29 is 14.4 Å². The van der Waals surface area contributed by atoms with E-state index < -0.39 is 23.9 Å². The molecule has 4 rings (SSSR count). The van der Waals surface area contributed by atoms with Crippen LogP contribution in [0.2, 0.25) is 0 Å². The number of hydrogen-bond acceptors (Lipinski definition) is 3. The van der Waals surface area contributed by atoms with Gasteiger partial charge in [-0.2, -0.15) is 0 Å². The van der Waals surface area contributed by atoms with E-state index >= 15 is 0 Å². The third-order valence-corrected chi connectivity index (χ3v) is 5.45. The highest BCUT2D eigenvalue weighted by molar-refractivity contribution is 6.03. The molecule has 0 spiro atoms. The molecule has 2 heterocycles.